The monoisotopic (exact) mass is 342 g/mol. The van der Waals surface area contributed by atoms with Gasteiger partial charge in [0.05, 0.1) is 11.1 Å². The van der Waals surface area contributed by atoms with Gasteiger partial charge >= 0.3 is 0 Å². The molecule has 19 heavy (non-hydrogen) atoms. The highest BCUT2D eigenvalue weighted by atomic mass is 79.9. The summed E-state index contributed by atoms with van der Waals surface area (Å²) in [6.07, 6.45) is 7.42. The van der Waals surface area contributed by atoms with E-state index in [0.717, 1.165) is 36.4 Å². The fourth-order valence-corrected chi connectivity index (χ4v) is 3.86. The Hall–Kier alpha value is -0.260. The van der Waals surface area contributed by atoms with Crippen LogP contribution in [0.4, 0.5) is 0 Å². The first-order valence-electron chi connectivity index (χ1n) is 7.13. The number of hydrogen-bond acceptors (Lipinski definition) is 3. The molecular formula is C14H19BrN2OS. The smallest absolute Gasteiger partial charge is 0.144 e. The number of hydrogen-bond donors (Lipinski definition) is 1. The van der Waals surface area contributed by atoms with Crippen molar-refractivity contribution in [1.29, 1.82) is 0 Å². The Morgan fingerprint density at radius 2 is 1.89 bits per heavy atom. The minimum atomic E-state index is 0.378. The number of rotatable bonds is 2. The quantitative estimate of drug-likeness (QED) is 0.806. The maximum Gasteiger partial charge on any atom is 0.144 e. The summed E-state index contributed by atoms with van der Waals surface area (Å²) in [6, 6.07) is 0. The molecule has 1 aliphatic carbocycles. The Balaban J connectivity index is 1.94. The second-order valence-electron chi connectivity index (χ2n) is 5.55. The molecule has 0 spiro atoms. The normalized spacial score (nSPS) is 24.8. The van der Waals surface area contributed by atoms with Gasteiger partial charge in [-0.05, 0) is 41.6 Å². The summed E-state index contributed by atoms with van der Waals surface area (Å²) in [6.45, 7) is 1.65. The van der Waals surface area contributed by atoms with Crippen LogP contribution in [0.25, 0.3) is 0 Å². The summed E-state index contributed by atoms with van der Waals surface area (Å²) in [5, 5.41) is 0. The third-order valence-electron chi connectivity index (χ3n) is 4.22. The van der Waals surface area contributed by atoms with Crippen LogP contribution >= 0.6 is 28.1 Å². The van der Waals surface area contributed by atoms with E-state index in [1.807, 2.05) is 0 Å². The molecule has 1 aliphatic heterocycles. The van der Waals surface area contributed by atoms with Crippen LogP contribution in [0.2, 0.25) is 0 Å². The molecule has 3 rings (SSSR count). The van der Waals surface area contributed by atoms with Crippen LogP contribution in [0, 0.1) is 4.64 Å². The highest BCUT2D eigenvalue weighted by Gasteiger charge is 2.24. The fourth-order valence-electron chi connectivity index (χ4n) is 3.14. The van der Waals surface area contributed by atoms with Gasteiger partial charge in [-0.1, -0.05) is 25.1 Å². The molecule has 1 aromatic rings. The molecule has 0 radical (unpaired) electrons. The lowest BCUT2D eigenvalue weighted by Crippen LogP contribution is -2.19. The molecule has 2 heterocycles. The summed E-state index contributed by atoms with van der Waals surface area (Å²) < 4.78 is 7.26. The van der Waals surface area contributed by atoms with Crippen molar-refractivity contribution in [1.82, 2.24) is 9.97 Å². The molecule has 1 unspecified atom stereocenters. The highest BCUT2D eigenvalue weighted by Crippen LogP contribution is 2.37. The third-order valence-corrected chi connectivity index (χ3v) is 5.58. The number of aromatic amines is 1. The zero-order valence-corrected chi connectivity index (χ0v) is 13.4. The van der Waals surface area contributed by atoms with Gasteiger partial charge in [0.2, 0.25) is 0 Å². The van der Waals surface area contributed by atoms with Crippen molar-refractivity contribution in [3.8, 4) is 0 Å². The topological polar surface area (TPSA) is 37.9 Å². The van der Waals surface area contributed by atoms with Crippen molar-refractivity contribution < 1.29 is 4.74 Å². The molecule has 1 aromatic heterocycles. The van der Waals surface area contributed by atoms with Crippen molar-refractivity contribution in [3.05, 3.63) is 20.6 Å². The van der Waals surface area contributed by atoms with E-state index in [4.69, 9.17) is 17.0 Å². The van der Waals surface area contributed by atoms with Crippen molar-refractivity contribution >= 4 is 28.1 Å². The Morgan fingerprint density at radius 3 is 2.58 bits per heavy atom. The molecule has 0 amide bonds. The lowest BCUT2D eigenvalue weighted by molar-refractivity contribution is 0.0779. The fraction of sp³-hybridized carbons (Fsp3) is 0.714. The van der Waals surface area contributed by atoms with Gasteiger partial charge in [-0.25, -0.2) is 4.98 Å². The molecule has 1 saturated carbocycles. The second-order valence-corrected chi connectivity index (χ2v) is 6.73. The molecule has 3 nitrogen and oxygen atoms in total. The van der Waals surface area contributed by atoms with E-state index in [2.05, 4.69) is 25.9 Å². The van der Waals surface area contributed by atoms with E-state index in [1.54, 1.807) is 0 Å². The van der Waals surface area contributed by atoms with E-state index < -0.39 is 0 Å². The molecule has 2 aliphatic rings. The minimum Gasteiger partial charge on any atom is -0.381 e. The number of halogens is 1. The predicted octanol–water partition coefficient (Wildman–Crippen LogP) is 4.45. The Kier molecular flexibility index (Phi) is 4.34. The predicted molar refractivity (Wildman–Crippen MR) is 81.1 cm³/mol. The number of aromatic nitrogens is 2. The lowest BCUT2D eigenvalue weighted by atomic mass is 10.00. The molecule has 5 heteroatoms. The maximum atomic E-state index is 5.57. The molecular weight excluding hydrogens is 324 g/mol. The van der Waals surface area contributed by atoms with Gasteiger partial charge < -0.3 is 9.72 Å². The Bertz CT molecular complexity index is 505. The van der Waals surface area contributed by atoms with Gasteiger partial charge in [-0.2, -0.15) is 0 Å². The lowest BCUT2D eigenvalue weighted by Gasteiger charge is -2.23. The van der Waals surface area contributed by atoms with E-state index in [0.29, 0.717) is 16.5 Å². The average Bonchev–Trinajstić information content (AvgIpc) is 2.96. The molecule has 2 fully saturated rings. The van der Waals surface area contributed by atoms with E-state index in [1.165, 1.54) is 31.4 Å². The van der Waals surface area contributed by atoms with Crippen LogP contribution in [0.3, 0.4) is 0 Å². The molecule has 1 N–H and O–H groups in total. The van der Waals surface area contributed by atoms with Gasteiger partial charge in [-0.15, -0.1) is 0 Å². The number of ether oxygens (including phenoxy) is 1. The summed E-state index contributed by atoms with van der Waals surface area (Å²) in [7, 11) is 0. The first kappa shape index (κ1) is 13.7. The third kappa shape index (κ3) is 2.93. The SMILES string of the molecule is S=c1nc(C2CCCOC2)[nH]c(C2CCCC2)c1Br. The van der Waals surface area contributed by atoms with Crippen LogP contribution in [-0.4, -0.2) is 23.2 Å². The molecule has 1 atom stereocenters. The summed E-state index contributed by atoms with van der Waals surface area (Å²) in [4.78, 5) is 8.12. The van der Waals surface area contributed by atoms with Gasteiger partial charge in [0.1, 0.15) is 10.5 Å². The summed E-state index contributed by atoms with van der Waals surface area (Å²) in [5.74, 6) is 2.01. The molecule has 104 valence electrons. The van der Waals surface area contributed by atoms with Gasteiger partial charge in [-0.3, -0.25) is 0 Å². The number of H-pyrrole nitrogens is 1. The first-order chi connectivity index (χ1) is 9.25. The van der Waals surface area contributed by atoms with E-state index >= 15 is 0 Å². The van der Waals surface area contributed by atoms with Gasteiger partial charge in [0.25, 0.3) is 0 Å². The van der Waals surface area contributed by atoms with E-state index in [9.17, 15) is 0 Å². The van der Waals surface area contributed by atoms with Crippen molar-refractivity contribution in [2.75, 3.05) is 13.2 Å². The highest BCUT2D eigenvalue weighted by molar-refractivity contribution is 9.10. The van der Waals surface area contributed by atoms with Crippen molar-refractivity contribution in [2.24, 2.45) is 0 Å². The maximum absolute atomic E-state index is 5.57. The van der Waals surface area contributed by atoms with Gasteiger partial charge in [0, 0.05) is 24.1 Å². The molecule has 0 bridgehead atoms. The number of nitrogens with zero attached hydrogens (tertiary/aromatic N) is 1. The van der Waals surface area contributed by atoms with Crippen LogP contribution < -0.4 is 0 Å². The average molecular weight is 343 g/mol. The van der Waals surface area contributed by atoms with Crippen LogP contribution in [-0.2, 0) is 4.74 Å². The minimum absolute atomic E-state index is 0.378. The Labute approximate surface area is 127 Å². The standard InChI is InChI=1S/C14H19BrN2OS/c15-11-12(9-4-1-2-5-9)16-13(17-14(11)19)10-6-3-7-18-8-10/h9-10H,1-8H2,(H,16,17,19). The zero-order chi connectivity index (χ0) is 13.2. The van der Waals surface area contributed by atoms with Crippen LogP contribution in [0.15, 0.2) is 4.47 Å². The van der Waals surface area contributed by atoms with Crippen LogP contribution in [0.1, 0.15) is 61.9 Å². The first-order valence-corrected chi connectivity index (χ1v) is 8.33. The molecule has 0 aromatic carbocycles. The summed E-state index contributed by atoms with van der Waals surface area (Å²) in [5.41, 5.74) is 1.26. The van der Waals surface area contributed by atoms with Crippen molar-refractivity contribution in [2.45, 2.75) is 50.4 Å². The largest absolute Gasteiger partial charge is 0.381 e. The Morgan fingerprint density at radius 1 is 1.16 bits per heavy atom. The number of nitrogens with one attached hydrogen (secondary N) is 1. The zero-order valence-electron chi connectivity index (χ0n) is 11.0. The van der Waals surface area contributed by atoms with Crippen molar-refractivity contribution in [3.63, 3.8) is 0 Å². The molecule has 1 saturated heterocycles. The second kappa shape index (κ2) is 6.02. The van der Waals surface area contributed by atoms with Crippen LogP contribution in [0.5, 0.6) is 0 Å². The summed E-state index contributed by atoms with van der Waals surface area (Å²) >= 11 is 9.03. The van der Waals surface area contributed by atoms with Gasteiger partial charge in [0.15, 0.2) is 0 Å². The van der Waals surface area contributed by atoms with E-state index in [-0.39, 0.29) is 0 Å².